The summed E-state index contributed by atoms with van der Waals surface area (Å²) < 4.78 is 10.5. The van der Waals surface area contributed by atoms with Gasteiger partial charge in [0.1, 0.15) is 12.4 Å². The highest BCUT2D eigenvalue weighted by Crippen LogP contribution is 2.40. The number of hydrogen-bond donors (Lipinski definition) is 2. The fraction of sp³-hybridized carbons (Fsp3) is 0.321. The number of benzene rings is 3. The van der Waals surface area contributed by atoms with Gasteiger partial charge in [-0.15, -0.1) is 0 Å². The number of ether oxygens (including phenoxy) is 2. The topological polar surface area (TPSA) is 81.8 Å². The predicted octanol–water partition coefficient (Wildman–Crippen LogP) is 4.71. The van der Waals surface area contributed by atoms with Gasteiger partial charge >= 0.3 is 5.97 Å². The van der Waals surface area contributed by atoms with E-state index in [2.05, 4.69) is 26.0 Å². The van der Waals surface area contributed by atoms with E-state index in [1.807, 2.05) is 54.6 Å². The number of carbonyl (C=O) groups is 1. The van der Waals surface area contributed by atoms with E-state index in [1.54, 1.807) is 13.2 Å². The van der Waals surface area contributed by atoms with Crippen LogP contribution in [-0.2, 0) is 23.2 Å². The molecule has 0 spiro atoms. The number of esters is 1. The third kappa shape index (κ3) is 4.80. The normalized spacial score (nSPS) is 16.0. The van der Waals surface area contributed by atoms with Gasteiger partial charge < -0.3 is 20.3 Å². The molecule has 0 fully saturated rings. The molecule has 1 aliphatic rings. The van der Waals surface area contributed by atoms with Crippen LogP contribution in [0.4, 0.5) is 0 Å². The van der Waals surface area contributed by atoms with Crippen molar-refractivity contribution in [1.82, 2.24) is 0 Å². The summed E-state index contributed by atoms with van der Waals surface area (Å²) in [6, 6.07) is 22.7. The summed E-state index contributed by atoms with van der Waals surface area (Å²) in [4.78, 5) is 11.9. The first kappa shape index (κ1) is 23.0. The molecule has 0 amide bonds. The van der Waals surface area contributed by atoms with Crippen LogP contribution in [0.5, 0.6) is 5.75 Å². The number of carbonyl (C=O) groups excluding carboxylic acids is 1. The van der Waals surface area contributed by atoms with Gasteiger partial charge in [-0.05, 0) is 52.8 Å². The summed E-state index contributed by atoms with van der Waals surface area (Å²) in [7, 11) is 1.63. The lowest BCUT2D eigenvalue weighted by Crippen LogP contribution is -2.47. The second-order valence-corrected chi connectivity index (χ2v) is 9.53. The molecule has 0 bridgehead atoms. The molecule has 1 aliphatic heterocycles. The molecule has 1 heterocycles. The maximum atomic E-state index is 12.2. The molecule has 0 aliphatic carbocycles. The first-order chi connectivity index (χ1) is 15.7. The van der Waals surface area contributed by atoms with Gasteiger partial charge in [0.05, 0.1) is 24.3 Å². The third-order valence-electron chi connectivity index (χ3n) is 6.59. The van der Waals surface area contributed by atoms with Crippen molar-refractivity contribution in [3.05, 3.63) is 101 Å². The molecule has 0 saturated heterocycles. The van der Waals surface area contributed by atoms with Gasteiger partial charge in [0.25, 0.3) is 0 Å². The molecule has 0 aromatic heterocycles. The summed E-state index contributed by atoms with van der Waals surface area (Å²) in [5, 5.41) is 12.2. The zero-order chi connectivity index (χ0) is 23.6. The zero-order valence-corrected chi connectivity index (χ0v) is 19.4. The lowest BCUT2D eigenvalue weighted by atomic mass is 9.69. The molecule has 2 unspecified atom stereocenters. The maximum absolute atomic E-state index is 12.2. The number of fused-ring (bicyclic) bond motifs is 1. The van der Waals surface area contributed by atoms with Gasteiger partial charge in [-0.2, -0.15) is 0 Å². The van der Waals surface area contributed by atoms with Gasteiger partial charge in [-0.25, -0.2) is 4.79 Å². The Bertz CT molecular complexity index is 1140. The minimum Gasteiger partial charge on any atom is -0.497 e. The Kier molecular flexibility index (Phi) is 6.28. The van der Waals surface area contributed by atoms with E-state index in [0.29, 0.717) is 18.4 Å². The van der Waals surface area contributed by atoms with Crippen molar-refractivity contribution < 1.29 is 19.4 Å². The van der Waals surface area contributed by atoms with Crippen molar-refractivity contribution in [1.29, 1.82) is 0 Å². The minimum absolute atomic E-state index is 0.235. The molecular weight excluding hydrogens is 414 g/mol. The third-order valence-corrected chi connectivity index (χ3v) is 6.59. The van der Waals surface area contributed by atoms with Gasteiger partial charge in [0.15, 0.2) is 0 Å². The Morgan fingerprint density at radius 1 is 1.06 bits per heavy atom. The maximum Gasteiger partial charge on any atom is 0.338 e. The van der Waals surface area contributed by atoms with Crippen molar-refractivity contribution in [2.24, 2.45) is 5.73 Å². The smallest absolute Gasteiger partial charge is 0.338 e. The second-order valence-electron chi connectivity index (χ2n) is 9.53. The second kappa shape index (κ2) is 9.00. The summed E-state index contributed by atoms with van der Waals surface area (Å²) in [5.41, 5.74) is 9.43. The first-order valence-corrected chi connectivity index (χ1v) is 11.2. The van der Waals surface area contributed by atoms with Crippen LogP contribution in [0.15, 0.2) is 72.8 Å². The molecule has 33 heavy (non-hydrogen) atoms. The molecule has 2 atom stereocenters. The zero-order valence-electron chi connectivity index (χ0n) is 19.4. The molecule has 3 aromatic carbocycles. The summed E-state index contributed by atoms with van der Waals surface area (Å²) in [6.07, 6.45) is 0.795. The van der Waals surface area contributed by atoms with Crippen LogP contribution in [0.2, 0.25) is 0 Å². The Balaban J connectivity index is 1.72. The van der Waals surface area contributed by atoms with Crippen molar-refractivity contribution in [3.63, 3.8) is 0 Å². The van der Waals surface area contributed by atoms with E-state index in [1.165, 1.54) is 0 Å². The Morgan fingerprint density at radius 2 is 1.82 bits per heavy atom. The molecule has 0 saturated carbocycles. The standard InChI is InChI=1S/C28H31NO4/c1-27(2,22-9-5-4-6-10-22)18-28(31,16-19-8-7-11-23(14-19)32-3)25(29)20-12-13-24-21(15-20)17-33-26(24)30/h4-15,25,31H,16-18,29H2,1-3H3. The van der Waals surface area contributed by atoms with Crippen molar-refractivity contribution >= 4 is 5.97 Å². The number of rotatable bonds is 8. The molecular formula is C28H31NO4. The van der Waals surface area contributed by atoms with Crippen molar-refractivity contribution in [3.8, 4) is 5.75 Å². The van der Waals surface area contributed by atoms with Crippen molar-refractivity contribution in [2.45, 2.75) is 50.4 Å². The van der Waals surface area contributed by atoms with E-state index < -0.39 is 11.6 Å². The van der Waals surface area contributed by atoms with Gasteiger partial charge in [-0.1, -0.05) is 62.4 Å². The predicted molar refractivity (Wildman–Crippen MR) is 128 cm³/mol. The molecule has 172 valence electrons. The average molecular weight is 446 g/mol. The lowest BCUT2D eigenvalue weighted by Gasteiger charge is -2.41. The first-order valence-electron chi connectivity index (χ1n) is 11.2. The Hall–Kier alpha value is -3.15. The minimum atomic E-state index is -1.26. The van der Waals surface area contributed by atoms with Crippen LogP contribution >= 0.6 is 0 Å². The fourth-order valence-corrected chi connectivity index (χ4v) is 4.83. The van der Waals surface area contributed by atoms with E-state index in [4.69, 9.17) is 15.2 Å². The van der Waals surface area contributed by atoms with Crippen LogP contribution in [-0.4, -0.2) is 23.8 Å². The van der Waals surface area contributed by atoms with Gasteiger partial charge in [-0.3, -0.25) is 0 Å². The van der Waals surface area contributed by atoms with Gasteiger partial charge in [0, 0.05) is 12.0 Å². The number of methoxy groups -OCH3 is 1. The fourth-order valence-electron chi connectivity index (χ4n) is 4.83. The van der Waals surface area contributed by atoms with E-state index >= 15 is 0 Å². The SMILES string of the molecule is COc1cccc(CC(O)(CC(C)(C)c2ccccc2)C(N)c2ccc3c(c2)COC3=O)c1. The molecule has 5 nitrogen and oxygen atoms in total. The van der Waals surface area contributed by atoms with E-state index in [-0.39, 0.29) is 18.0 Å². The monoisotopic (exact) mass is 445 g/mol. The van der Waals surface area contributed by atoms with Gasteiger partial charge in [0.2, 0.25) is 0 Å². The number of cyclic esters (lactones) is 1. The Morgan fingerprint density at radius 3 is 2.55 bits per heavy atom. The van der Waals surface area contributed by atoms with E-state index in [0.717, 1.165) is 28.0 Å². The summed E-state index contributed by atoms with van der Waals surface area (Å²) in [6.45, 7) is 4.49. The van der Waals surface area contributed by atoms with Crippen LogP contribution in [0, 0.1) is 0 Å². The highest BCUT2D eigenvalue weighted by molar-refractivity contribution is 5.93. The van der Waals surface area contributed by atoms with Crippen LogP contribution in [0.3, 0.4) is 0 Å². The molecule has 3 aromatic rings. The van der Waals surface area contributed by atoms with E-state index in [9.17, 15) is 9.90 Å². The largest absolute Gasteiger partial charge is 0.497 e. The quantitative estimate of drug-likeness (QED) is 0.491. The Labute approximate surface area is 195 Å². The number of aliphatic hydroxyl groups is 1. The summed E-state index contributed by atoms with van der Waals surface area (Å²) >= 11 is 0. The molecule has 4 rings (SSSR count). The van der Waals surface area contributed by atoms with Crippen LogP contribution < -0.4 is 10.5 Å². The molecule has 3 N–H and O–H groups in total. The number of hydrogen-bond acceptors (Lipinski definition) is 5. The lowest BCUT2D eigenvalue weighted by molar-refractivity contribution is -0.0118. The highest BCUT2D eigenvalue weighted by Gasteiger charge is 2.41. The average Bonchev–Trinajstić information content (AvgIpc) is 3.19. The van der Waals surface area contributed by atoms with Crippen LogP contribution in [0.25, 0.3) is 0 Å². The summed E-state index contributed by atoms with van der Waals surface area (Å²) in [5.74, 6) is 0.418. The van der Waals surface area contributed by atoms with Crippen molar-refractivity contribution in [2.75, 3.05) is 7.11 Å². The molecule has 0 radical (unpaired) electrons. The number of nitrogens with two attached hydrogens (primary N) is 1. The molecule has 5 heteroatoms. The van der Waals surface area contributed by atoms with Crippen LogP contribution in [0.1, 0.15) is 58.9 Å². The highest BCUT2D eigenvalue weighted by atomic mass is 16.5.